The number of nitrogens with one attached hydrogen (secondary N) is 1. The first-order valence-electron chi connectivity index (χ1n) is 6.64. The van der Waals surface area contributed by atoms with Crippen LogP contribution in [0.2, 0.25) is 5.02 Å². The molecule has 0 atom stereocenters. The number of methoxy groups -OCH3 is 1. The second-order valence-electron chi connectivity index (χ2n) is 4.50. The monoisotopic (exact) mass is 317 g/mol. The van der Waals surface area contributed by atoms with E-state index in [9.17, 15) is 4.79 Å². The van der Waals surface area contributed by atoms with Crippen LogP contribution in [0.15, 0.2) is 55.1 Å². The summed E-state index contributed by atoms with van der Waals surface area (Å²) in [6.07, 6.45) is 1.91. The van der Waals surface area contributed by atoms with Gasteiger partial charge in [-0.1, -0.05) is 23.7 Å². The van der Waals surface area contributed by atoms with E-state index in [0.717, 1.165) is 5.56 Å². The minimum absolute atomic E-state index is 0.349. The summed E-state index contributed by atoms with van der Waals surface area (Å²) in [7, 11) is 1.52. The minimum Gasteiger partial charge on any atom is -0.493 e. The molecule has 0 saturated heterocycles. The average molecular weight is 318 g/mol. The normalized spacial score (nSPS) is 9.91. The second-order valence-corrected chi connectivity index (χ2v) is 4.94. The molecule has 0 bridgehead atoms. The van der Waals surface area contributed by atoms with Crippen molar-refractivity contribution in [1.29, 1.82) is 0 Å². The molecule has 0 aliphatic carbocycles. The van der Waals surface area contributed by atoms with Crippen LogP contribution in [0.25, 0.3) is 0 Å². The highest BCUT2D eigenvalue weighted by Gasteiger charge is 2.11. The van der Waals surface area contributed by atoms with Gasteiger partial charge in [-0.15, -0.1) is 6.58 Å². The van der Waals surface area contributed by atoms with E-state index in [0.29, 0.717) is 28.6 Å². The highest BCUT2D eigenvalue weighted by atomic mass is 35.5. The fourth-order valence-electron chi connectivity index (χ4n) is 1.87. The number of allylic oxidation sites excluding steroid dienone is 1. The molecule has 1 amide bonds. The number of carbonyl (C=O) groups excluding carboxylic acids is 1. The number of ether oxygens (including phenoxy) is 2. The first kappa shape index (κ1) is 15.9. The van der Waals surface area contributed by atoms with Crippen molar-refractivity contribution in [2.24, 2.45) is 0 Å². The third-order valence-corrected chi connectivity index (χ3v) is 3.15. The van der Waals surface area contributed by atoms with Gasteiger partial charge in [-0.25, -0.2) is 4.79 Å². The van der Waals surface area contributed by atoms with Crippen molar-refractivity contribution in [1.82, 2.24) is 0 Å². The van der Waals surface area contributed by atoms with Crippen molar-refractivity contribution in [2.45, 2.75) is 6.42 Å². The lowest BCUT2D eigenvalue weighted by atomic mass is 10.1. The van der Waals surface area contributed by atoms with Crippen LogP contribution in [0.3, 0.4) is 0 Å². The van der Waals surface area contributed by atoms with Gasteiger partial charge in [0.2, 0.25) is 0 Å². The fraction of sp³-hybridized carbons (Fsp3) is 0.118. The van der Waals surface area contributed by atoms with Gasteiger partial charge in [0.25, 0.3) is 0 Å². The molecule has 2 aromatic rings. The van der Waals surface area contributed by atoms with Gasteiger partial charge in [-0.2, -0.15) is 0 Å². The lowest BCUT2D eigenvalue weighted by Gasteiger charge is -2.11. The van der Waals surface area contributed by atoms with Crippen molar-refractivity contribution in [3.05, 3.63) is 65.7 Å². The van der Waals surface area contributed by atoms with Crippen molar-refractivity contribution in [2.75, 3.05) is 12.4 Å². The molecule has 0 fully saturated rings. The van der Waals surface area contributed by atoms with Gasteiger partial charge in [0, 0.05) is 10.7 Å². The fourth-order valence-corrected chi connectivity index (χ4v) is 1.99. The Kier molecular flexibility index (Phi) is 5.44. The molecule has 1 N–H and O–H groups in total. The lowest BCUT2D eigenvalue weighted by Crippen LogP contribution is -2.17. The SMILES string of the molecule is C=CCc1ccc(OC(=O)Nc2ccc(Cl)cc2)c(OC)c1. The van der Waals surface area contributed by atoms with Crippen LogP contribution in [-0.4, -0.2) is 13.2 Å². The summed E-state index contributed by atoms with van der Waals surface area (Å²) in [5.74, 6) is 0.840. The molecule has 0 unspecified atom stereocenters. The third-order valence-electron chi connectivity index (χ3n) is 2.90. The number of benzene rings is 2. The highest BCUT2D eigenvalue weighted by Crippen LogP contribution is 2.28. The van der Waals surface area contributed by atoms with Gasteiger partial charge in [-0.05, 0) is 48.4 Å². The lowest BCUT2D eigenvalue weighted by molar-refractivity contribution is 0.213. The first-order chi connectivity index (χ1) is 10.6. The van der Waals surface area contributed by atoms with Gasteiger partial charge < -0.3 is 9.47 Å². The Balaban J connectivity index is 2.07. The summed E-state index contributed by atoms with van der Waals surface area (Å²) in [4.78, 5) is 11.9. The standard InChI is InChI=1S/C17H16ClNO3/c1-3-4-12-5-10-15(16(11-12)21-2)22-17(20)19-14-8-6-13(18)7-9-14/h3,5-11H,1,4H2,2H3,(H,19,20). The summed E-state index contributed by atoms with van der Waals surface area (Å²) in [5.41, 5.74) is 1.62. The Morgan fingerprint density at radius 2 is 1.95 bits per heavy atom. The summed E-state index contributed by atoms with van der Waals surface area (Å²) < 4.78 is 10.5. The first-order valence-corrected chi connectivity index (χ1v) is 7.02. The van der Waals surface area contributed by atoms with Gasteiger partial charge in [0.05, 0.1) is 7.11 Å². The number of rotatable bonds is 5. The second kappa shape index (κ2) is 7.52. The number of hydrogen-bond acceptors (Lipinski definition) is 3. The largest absolute Gasteiger partial charge is 0.493 e. The number of amides is 1. The van der Waals surface area contributed by atoms with Gasteiger partial charge in [-0.3, -0.25) is 5.32 Å². The topological polar surface area (TPSA) is 47.6 Å². The van der Waals surface area contributed by atoms with Gasteiger partial charge in [0.15, 0.2) is 11.5 Å². The van der Waals surface area contributed by atoms with Crippen LogP contribution in [-0.2, 0) is 6.42 Å². The highest BCUT2D eigenvalue weighted by molar-refractivity contribution is 6.30. The molecule has 5 heteroatoms. The van der Waals surface area contributed by atoms with Crippen LogP contribution in [0.4, 0.5) is 10.5 Å². The van der Waals surface area contributed by atoms with E-state index in [1.807, 2.05) is 12.1 Å². The van der Waals surface area contributed by atoms with Crippen molar-refractivity contribution in [3.8, 4) is 11.5 Å². The zero-order chi connectivity index (χ0) is 15.9. The van der Waals surface area contributed by atoms with E-state index in [1.165, 1.54) is 7.11 Å². The van der Waals surface area contributed by atoms with Crippen LogP contribution >= 0.6 is 11.6 Å². The van der Waals surface area contributed by atoms with E-state index < -0.39 is 6.09 Å². The summed E-state index contributed by atoms with van der Waals surface area (Å²) in [6.45, 7) is 3.69. The molecule has 4 nitrogen and oxygen atoms in total. The summed E-state index contributed by atoms with van der Waals surface area (Å²) in [6, 6.07) is 12.1. The van der Waals surface area contributed by atoms with Crippen molar-refractivity contribution in [3.63, 3.8) is 0 Å². The zero-order valence-corrected chi connectivity index (χ0v) is 12.9. The number of hydrogen-bond donors (Lipinski definition) is 1. The quantitative estimate of drug-likeness (QED) is 0.814. The van der Waals surface area contributed by atoms with Crippen LogP contribution in [0.5, 0.6) is 11.5 Å². The molecule has 2 rings (SSSR count). The molecule has 22 heavy (non-hydrogen) atoms. The average Bonchev–Trinajstić information content (AvgIpc) is 2.51. The van der Waals surface area contributed by atoms with E-state index in [-0.39, 0.29) is 0 Å². The maximum absolute atomic E-state index is 11.9. The molecule has 0 spiro atoms. The Labute approximate surface area is 134 Å². The molecule has 114 valence electrons. The van der Waals surface area contributed by atoms with Crippen LogP contribution in [0, 0.1) is 0 Å². The van der Waals surface area contributed by atoms with E-state index >= 15 is 0 Å². The Morgan fingerprint density at radius 1 is 1.23 bits per heavy atom. The molecule has 0 aliphatic rings. The van der Waals surface area contributed by atoms with Gasteiger partial charge in [0.1, 0.15) is 0 Å². The summed E-state index contributed by atoms with van der Waals surface area (Å²) >= 11 is 5.79. The number of halogens is 1. The predicted molar refractivity (Wildman–Crippen MR) is 88.0 cm³/mol. The molecule has 2 aromatic carbocycles. The molecular formula is C17H16ClNO3. The smallest absolute Gasteiger partial charge is 0.417 e. The molecule has 0 saturated carbocycles. The maximum Gasteiger partial charge on any atom is 0.417 e. The number of carbonyl (C=O) groups is 1. The minimum atomic E-state index is -0.600. The Hall–Kier alpha value is -2.46. The molecule has 0 aliphatic heterocycles. The Morgan fingerprint density at radius 3 is 2.59 bits per heavy atom. The van der Waals surface area contributed by atoms with Crippen LogP contribution < -0.4 is 14.8 Å². The zero-order valence-electron chi connectivity index (χ0n) is 12.1. The van der Waals surface area contributed by atoms with Crippen molar-refractivity contribution >= 4 is 23.4 Å². The van der Waals surface area contributed by atoms with Crippen molar-refractivity contribution < 1.29 is 14.3 Å². The van der Waals surface area contributed by atoms with Crippen LogP contribution in [0.1, 0.15) is 5.56 Å². The molecular weight excluding hydrogens is 302 g/mol. The van der Waals surface area contributed by atoms with E-state index in [4.69, 9.17) is 21.1 Å². The maximum atomic E-state index is 11.9. The van der Waals surface area contributed by atoms with E-state index in [2.05, 4.69) is 11.9 Å². The number of anilines is 1. The molecule has 0 heterocycles. The molecule has 0 radical (unpaired) electrons. The summed E-state index contributed by atoms with van der Waals surface area (Å²) in [5, 5.41) is 3.21. The molecule has 0 aromatic heterocycles. The predicted octanol–water partition coefficient (Wildman–Crippen LogP) is 4.69. The Bertz CT molecular complexity index is 668. The van der Waals surface area contributed by atoms with E-state index in [1.54, 1.807) is 36.4 Å². The van der Waals surface area contributed by atoms with Gasteiger partial charge >= 0.3 is 6.09 Å². The third kappa shape index (κ3) is 4.27.